The van der Waals surface area contributed by atoms with Crippen molar-refractivity contribution in [1.29, 1.82) is 0 Å². The summed E-state index contributed by atoms with van der Waals surface area (Å²) in [6.07, 6.45) is -1.04. The molecule has 4 heteroatoms. The molecule has 13 heavy (non-hydrogen) atoms. The molecule has 0 aromatic carbocycles. The van der Waals surface area contributed by atoms with Crippen molar-refractivity contribution in [2.75, 3.05) is 5.75 Å². The van der Waals surface area contributed by atoms with E-state index in [1.165, 1.54) is 25.6 Å². The van der Waals surface area contributed by atoms with Gasteiger partial charge in [-0.25, -0.2) is 8.78 Å². The molecule has 2 atom stereocenters. The summed E-state index contributed by atoms with van der Waals surface area (Å²) in [7, 11) is 0. The van der Waals surface area contributed by atoms with Crippen LogP contribution in [0.4, 0.5) is 8.78 Å². The number of carbonyl (C=O) groups excluding carboxylic acids is 1. The number of rotatable bonds is 6. The van der Waals surface area contributed by atoms with Crippen LogP contribution in [0, 0.1) is 0 Å². The van der Waals surface area contributed by atoms with Gasteiger partial charge in [-0.15, -0.1) is 0 Å². The first kappa shape index (κ1) is 12.9. The lowest BCUT2D eigenvalue weighted by atomic mass is 10.1. The molecule has 0 saturated heterocycles. The average Bonchev–Trinajstić information content (AvgIpc) is 2.02. The molecule has 78 valence electrons. The second-order valence-corrected chi connectivity index (χ2v) is 4.30. The molecule has 0 aromatic rings. The average molecular weight is 210 g/mol. The summed E-state index contributed by atoms with van der Waals surface area (Å²) in [5.74, 6) is 0.711. The predicted molar refractivity (Wildman–Crippen MR) is 52.5 cm³/mol. The van der Waals surface area contributed by atoms with Crippen molar-refractivity contribution in [3.63, 3.8) is 0 Å². The summed E-state index contributed by atoms with van der Waals surface area (Å²) in [4.78, 5) is 10.5. The Morgan fingerprint density at radius 1 is 1.38 bits per heavy atom. The van der Waals surface area contributed by atoms with Crippen LogP contribution in [-0.4, -0.2) is 23.2 Å². The van der Waals surface area contributed by atoms with Crippen LogP contribution >= 0.6 is 11.8 Å². The van der Waals surface area contributed by atoms with Crippen molar-refractivity contribution in [2.24, 2.45) is 0 Å². The Kier molecular flexibility index (Phi) is 7.23. The van der Waals surface area contributed by atoms with Gasteiger partial charge in [-0.1, -0.05) is 11.8 Å². The fourth-order valence-electron chi connectivity index (χ4n) is 0.887. The van der Waals surface area contributed by atoms with Gasteiger partial charge >= 0.3 is 0 Å². The zero-order valence-electron chi connectivity index (χ0n) is 8.06. The maximum atomic E-state index is 12.7. The molecule has 0 saturated carbocycles. The molecule has 0 rings (SSSR count). The second-order valence-electron chi connectivity index (χ2n) is 3.03. The third kappa shape index (κ3) is 8.22. The topological polar surface area (TPSA) is 17.1 Å². The normalized spacial score (nSPS) is 15.4. The van der Waals surface area contributed by atoms with Crippen LogP contribution in [0.1, 0.15) is 33.1 Å². The number of alkyl halides is 2. The standard InChI is InChI=1S/C9H16F2OS/c1-7(10)9(11)5-3-4-6-13-8(2)12/h7,9H,3-6H2,1-2H3. The first-order valence-electron chi connectivity index (χ1n) is 4.45. The highest BCUT2D eigenvalue weighted by molar-refractivity contribution is 8.13. The number of unbranched alkanes of at least 4 members (excludes halogenated alkanes) is 1. The van der Waals surface area contributed by atoms with Gasteiger partial charge in [-0.05, 0) is 26.2 Å². The molecule has 0 heterocycles. The molecule has 0 radical (unpaired) electrons. The van der Waals surface area contributed by atoms with Gasteiger partial charge in [0.1, 0.15) is 12.3 Å². The van der Waals surface area contributed by atoms with Crippen molar-refractivity contribution in [2.45, 2.75) is 45.5 Å². The Morgan fingerprint density at radius 2 is 2.00 bits per heavy atom. The largest absolute Gasteiger partial charge is 0.288 e. The SMILES string of the molecule is CC(=O)SCCCCC(F)C(C)F. The molecule has 0 aliphatic rings. The molecular formula is C9H16F2OS. The van der Waals surface area contributed by atoms with Crippen LogP contribution in [0.2, 0.25) is 0 Å². The molecule has 0 amide bonds. The maximum absolute atomic E-state index is 12.7. The van der Waals surface area contributed by atoms with Crippen LogP contribution in [0.25, 0.3) is 0 Å². The predicted octanol–water partition coefficient (Wildman–Crippen LogP) is 3.13. The number of hydrogen-bond acceptors (Lipinski definition) is 2. The van der Waals surface area contributed by atoms with E-state index < -0.39 is 12.3 Å². The zero-order valence-corrected chi connectivity index (χ0v) is 8.87. The Labute approximate surface area is 82.3 Å². The Balaban J connectivity index is 3.21. The van der Waals surface area contributed by atoms with Crippen molar-refractivity contribution >= 4 is 16.9 Å². The smallest absolute Gasteiger partial charge is 0.185 e. The zero-order chi connectivity index (χ0) is 10.3. The highest BCUT2D eigenvalue weighted by atomic mass is 32.2. The third-order valence-electron chi connectivity index (χ3n) is 1.68. The van der Waals surface area contributed by atoms with Gasteiger partial charge in [0.15, 0.2) is 5.12 Å². The van der Waals surface area contributed by atoms with Crippen molar-refractivity contribution < 1.29 is 13.6 Å². The lowest BCUT2D eigenvalue weighted by Gasteiger charge is -2.07. The summed E-state index contributed by atoms with van der Waals surface area (Å²) < 4.78 is 25.0. The Hall–Kier alpha value is -0.120. The number of carbonyl (C=O) groups is 1. The molecule has 0 aliphatic heterocycles. The van der Waals surface area contributed by atoms with Crippen molar-refractivity contribution in [1.82, 2.24) is 0 Å². The number of thioether (sulfide) groups is 1. The van der Waals surface area contributed by atoms with Crippen LogP contribution in [0.3, 0.4) is 0 Å². The van der Waals surface area contributed by atoms with Crippen LogP contribution in [-0.2, 0) is 4.79 Å². The number of halogens is 2. The van der Waals surface area contributed by atoms with E-state index in [4.69, 9.17) is 0 Å². The van der Waals surface area contributed by atoms with E-state index in [0.29, 0.717) is 12.2 Å². The summed E-state index contributed by atoms with van der Waals surface area (Å²) >= 11 is 1.24. The summed E-state index contributed by atoms with van der Waals surface area (Å²) in [5.41, 5.74) is 0. The summed E-state index contributed by atoms with van der Waals surface area (Å²) in [5, 5.41) is 0.0793. The van der Waals surface area contributed by atoms with E-state index in [0.717, 1.165) is 6.42 Å². The minimum atomic E-state index is -1.37. The van der Waals surface area contributed by atoms with Crippen LogP contribution < -0.4 is 0 Å². The lowest BCUT2D eigenvalue weighted by Crippen LogP contribution is -2.12. The van der Waals surface area contributed by atoms with E-state index in [-0.39, 0.29) is 11.5 Å². The van der Waals surface area contributed by atoms with Crippen LogP contribution in [0.5, 0.6) is 0 Å². The van der Waals surface area contributed by atoms with Gasteiger partial charge < -0.3 is 0 Å². The van der Waals surface area contributed by atoms with E-state index in [1.54, 1.807) is 0 Å². The molecule has 0 spiro atoms. The lowest BCUT2D eigenvalue weighted by molar-refractivity contribution is -0.109. The van der Waals surface area contributed by atoms with E-state index in [2.05, 4.69) is 0 Å². The maximum Gasteiger partial charge on any atom is 0.185 e. The van der Waals surface area contributed by atoms with E-state index in [1.807, 2.05) is 0 Å². The molecule has 1 nitrogen and oxygen atoms in total. The first-order valence-corrected chi connectivity index (χ1v) is 5.44. The molecule has 0 N–H and O–H groups in total. The van der Waals surface area contributed by atoms with Gasteiger partial charge in [0.25, 0.3) is 0 Å². The third-order valence-corrected chi connectivity index (χ3v) is 2.58. The van der Waals surface area contributed by atoms with Crippen molar-refractivity contribution in [3.05, 3.63) is 0 Å². The van der Waals surface area contributed by atoms with Crippen molar-refractivity contribution in [3.8, 4) is 0 Å². The molecule has 0 aromatic heterocycles. The molecule has 0 bridgehead atoms. The van der Waals surface area contributed by atoms with Gasteiger partial charge in [0.2, 0.25) is 0 Å². The quantitative estimate of drug-likeness (QED) is 0.626. The molecule has 2 unspecified atom stereocenters. The first-order chi connectivity index (χ1) is 6.04. The van der Waals surface area contributed by atoms with E-state index in [9.17, 15) is 13.6 Å². The fourth-order valence-corrected chi connectivity index (χ4v) is 1.52. The highest BCUT2D eigenvalue weighted by Gasteiger charge is 2.13. The van der Waals surface area contributed by atoms with Crippen LogP contribution in [0.15, 0.2) is 0 Å². The Morgan fingerprint density at radius 3 is 2.46 bits per heavy atom. The molecule has 0 aliphatic carbocycles. The van der Waals surface area contributed by atoms with Gasteiger partial charge in [0, 0.05) is 12.7 Å². The Bertz CT molecular complexity index is 151. The highest BCUT2D eigenvalue weighted by Crippen LogP contribution is 2.13. The molecule has 0 fully saturated rings. The molecular weight excluding hydrogens is 194 g/mol. The number of hydrogen-bond donors (Lipinski definition) is 0. The summed E-state index contributed by atoms with van der Waals surface area (Å²) in [6.45, 7) is 2.74. The monoisotopic (exact) mass is 210 g/mol. The van der Waals surface area contributed by atoms with Gasteiger partial charge in [-0.2, -0.15) is 0 Å². The van der Waals surface area contributed by atoms with Gasteiger partial charge in [-0.3, -0.25) is 4.79 Å². The van der Waals surface area contributed by atoms with E-state index >= 15 is 0 Å². The second kappa shape index (κ2) is 7.30. The minimum Gasteiger partial charge on any atom is -0.288 e. The van der Waals surface area contributed by atoms with Gasteiger partial charge in [0.05, 0.1) is 0 Å². The fraction of sp³-hybridized carbons (Fsp3) is 0.889. The minimum absolute atomic E-state index is 0.0793. The summed E-state index contributed by atoms with van der Waals surface area (Å²) in [6, 6.07) is 0.